The van der Waals surface area contributed by atoms with Gasteiger partial charge in [0.25, 0.3) is 0 Å². The summed E-state index contributed by atoms with van der Waals surface area (Å²) in [6, 6.07) is 9.63. The van der Waals surface area contributed by atoms with Crippen LogP contribution in [0, 0.1) is 25.2 Å². The summed E-state index contributed by atoms with van der Waals surface area (Å²) in [7, 11) is 1.63. The number of anilines is 1. The van der Waals surface area contributed by atoms with Crippen LogP contribution in [0.15, 0.2) is 24.3 Å². The van der Waals surface area contributed by atoms with Gasteiger partial charge in [0, 0.05) is 6.54 Å². The van der Waals surface area contributed by atoms with Crippen molar-refractivity contribution in [2.75, 3.05) is 25.6 Å². The second-order valence-electron chi connectivity index (χ2n) is 5.05. The quantitative estimate of drug-likeness (QED) is 0.792. The second-order valence-corrected chi connectivity index (χ2v) is 5.05. The van der Waals surface area contributed by atoms with Crippen molar-refractivity contribution >= 4 is 5.82 Å². The molecule has 0 aliphatic rings. The largest absolute Gasteiger partial charge is 0.497 e. The van der Waals surface area contributed by atoms with Gasteiger partial charge in [-0.1, -0.05) is 0 Å². The standard InChI is InChI=1S/C17H20N4O2/c1-12-13(2)20-21-17(16(12)11-18)19-9-4-10-23-15-7-5-14(22-3)6-8-15/h5-8H,4,9-10H2,1-3H3,(H,19,21). The zero-order chi connectivity index (χ0) is 16.7. The molecule has 0 bridgehead atoms. The first-order chi connectivity index (χ1) is 11.2. The van der Waals surface area contributed by atoms with Crippen LogP contribution < -0.4 is 14.8 Å². The van der Waals surface area contributed by atoms with Gasteiger partial charge in [-0.3, -0.25) is 0 Å². The van der Waals surface area contributed by atoms with E-state index in [0.717, 1.165) is 29.2 Å². The molecule has 0 unspecified atom stereocenters. The van der Waals surface area contributed by atoms with E-state index in [1.165, 1.54) is 0 Å². The lowest BCUT2D eigenvalue weighted by Crippen LogP contribution is -2.11. The average Bonchev–Trinajstić information content (AvgIpc) is 2.58. The molecular weight excluding hydrogens is 292 g/mol. The molecule has 0 aliphatic heterocycles. The minimum Gasteiger partial charge on any atom is -0.497 e. The minimum absolute atomic E-state index is 0.528. The number of hydrogen-bond acceptors (Lipinski definition) is 6. The average molecular weight is 312 g/mol. The van der Waals surface area contributed by atoms with Crippen molar-refractivity contribution in [3.05, 3.63) is 41.1 Å². The van der Waals surface area contributed by atoms with E-state index in [2.05, 4.69) is 21.6 Å². The van der Waals surface area contributed by atoms with Crippen molar-refractivity contribution in [3.63, 3.8) is 0 Å². The van der Waals surface area contributed by atoms with Crippen LogP contribution in [0.2, 0.25) is 0 Å². The Morgan fingerprint density at radius 1 is 1.13 bits per heavy atom. The van der Waals surface area contributed by atoms with Gasteiger partial charge in [0.15, 0.2) is 5.82 Å². The molecule has 1 N–H and O–H groups in total. The number of benzene rings is 1. The lowest BCUT2D eigenvalue weighted by Gasteiger charge is -2.10. The number of nitriles is 1. The number of nitrogens with zero attached hydrogens (tertiary/aromatic N) is 3. The molecule has 2 rings (SSSR count). The molecule has 0 spiro atoms. The van der Waals surface area contributed by atoms with Crippen LogP contribution in [-0.2, 0) is 0 Å². The fourth-order valence-electron chi connectivity index (χ4n) is 2.01. The lowest BCUT2D eigenvalue weighted by molar-refractivity contribution is 0.314. The molecule has 0 radical (unpaired) electrons. The van der Waals surface area contributed by atoms with Gasteiger partial charge in [-0.2, -0.15) is 10.4 Å². The normalized spacial score (nSPS) is 10.0. The third-order valence-electron chi connectivity index (χ3n) is 3.51. The number of ether oxygens (including phenoxy) is 2. The molecule has 6 heteroatoms. The van der Waals surface area contributed by atoms with E-state index in [-0.39, 0.29) is 0 Å². The number of nitrogens with one attached hydrogen (secondary N) is 1. The predicted octanol–water partition coefficient (Wildman–Crippen LogP) is 2.85. The maximum absolute atomic E-state index is 9.23. The number of aromatic nitrogens is 2. The third-order valence-corrected chi connectivity index (χ3v) is 3.51. The van der Waals surface area contributed by atoms with Crippen molar-refractivity contribution in [3.8, 4) is 17.6 Å². The second kappa shape index (κ2) is 7.99. The van der Waals surface area contributed by atoms with Gasteiger partial charge in [-0.05, 0) is 50.1 Å². The first-order valence-electron chi connectivity index (χ1n) is 7.40. The first kappa shape index (κ1) is 16.6. The molecule has 0 saturated heterocycles. The topological polar surface area (TPSA) is 80.1 Å². The van der Waals surface area contributed by atoms with Gasteiger partial charge in [-0.25, -0.2) is 0 Å². The van der Waals surface area contributed by atoms with E-state index in [0.29, 0.717) is 24.5 Å². The van der Waals surface area contributed by atoms with Crippen LogP contribution in [0.4, 0.5) is 5.82 Å². The summed E-state index contributed by atoms with van der Waals surface area (Å²) in [5.41, 5.74) is 2.18. The molecular formula is C17H20N4O2. The van der Waals surface area contributed by atoms with Gasteiger partial charge in [0.2, 0.25) is 0 Å². The predicted molar refractivity (Wildman–Crippen MR) is 87.8 cm³/mol. The summed E-state index contributed by atoms with van der Waals surface area (Å²) in [6.07, 6.45) is 0.783. The lowest BCUT2D eigenvalue weighted by atomic mass is 10.1. The Bertz CT molecular complexity index is 693. The maximum atomic E-state index is 9.23. The summed E-state index contributed by atoms with van der Waals surface area (Å²) in [5, 5.41) is 20.5. The summed E-state index contributed by atoms with van der Waals surface area (Å²) in [6.45, 7) is 4.94. The Morgan fingerprint density at radius 2 is 1.83 bits per heavy atom. The van der Waals surface area contributed by atoms with E-state index >= 15 is 0 Å². The molecule has 0 saturated carbocycles. The number of rotatable bonds is 7. The molecule has 120 valence electrons. The number of hydrogen-bond donors (Lipinski definition) is 1. The van der Waals surface area contributed by atoms with E-state index < -0.39 is 0 Å². The molecule has 23 heavy (non-hydrogen) atoms. The molecule has 0 aliphatic carbocycles. The van der Waals surface area contributed by atoms with Crippen LogP contribution in [0.3, 0.4) is 0 Å². The highest BCUT2D eigenvalue weighted by Gasteiger charge is 2.09. The van der Waals surface area contributed by atoms with Crippen molar-refractivity contribution in [1.29, 1.82) is 5.26 Å². The first-order valence-corrected chi connectivity index (χ1v) is 7.40. The zero-order valence-electron chi connectivity index (χ0n) is 13.6. The fraction of sp³-hybridized carbons (Fsp3) is 0.353. The Hall–Kier alpha value is -2.81. The van der Waals surface area contributed by atoms with Crippen LogP contribution in [0.5, 0.6) is 11.5 Å². The van der Waals surface area contributed by atoms with Gasteiger partial charge < -0.3 is 14.8 Å². The van der Waals surface area contributed by atoms with Crippen LogP contribution in [0.1, 0.15) is 23.2 Å². The van der Waals surface area contributed by atoms with E-state index in [1.54, 1.807) is 7.11 Å². The van der Waals surface area contributed by atoms with Crippen molar-refractivity contribution in [1.82, 2.24) is 10.2 Å². The highest BCUT2D eigenvalue weighted by atomic mass is 16.5. The van der Waals surface area contributed by atoms with Crippen molar-refractivity contribution < 1.29 is 9.47 Å². The molecule has 0 fully saturated rings. The molecule has 0 atom stereocenters. The van der Waals surface area contributed by atoms with Crippen molar-refractivity contribution in [2.45, 2.75) is 20.3 Å². The molecule has 1 aromatic heterocycles. The van der Waals surface area contributed by atoms with Gasteiger partial charge in [0.1, 0.15) is 23.1 Å². The van der Waals surface area contributed by atoms with Gasteiger partial charge in [0.05, 0.1) is 19.4 Å². The highest BCUT2D eigenvalue weighted by Crippen LogP contribution is 2.18. The van der Waals surface area contributed by atoms with Crippen molar-refractivity contribution in [2.24, 2.45) is 0 Å². The number of aryl methyl sites for hydroxylation is 1. The van der Waals surface area contributed by atoms with Gasteiger partial charge >= 0.3 is 0 Å². The fourth-order valence-corrected chi connectivity index (χ4v) is 2.01. The van der Waals surface area contributed by atoms with Crippen LogP contribution in [0.25, 0.3) is 0 Å². The minimum atomic E-state index is 0.528. The Morgan fingerprint density at radius 3 is 2.48 bits per heavy atom. The van der Waals surface area contributed by atoms with Crippen LogP contribution >= 0.6 is 0 Å². The smallest absolute Gasteiger partial charge is 0.166 e. The van der Waals surface area contributed by atoms with E-state index in [9.17, 15) is 5.26 Å². The van der Waals surface area contributed by atoms with E-state index in [1.807, 2.05) is 38.1 Å². The molecule has 1 aromatic carbocycles. The maximum Gasteiger partial charge on any atom is 0.166 e. The molecule has 6 nitrogen and oxygen atoms in total. The Balaban J connectivity index is 1.79. The highest BCUT2D eigenvalue weighted by molar-refractivity contribution is 5.55. The Kier molecular flexibility index (Phi) is 5.75. The molecule has 2 aromatic rings. The molecule has 0 amide bonds. The van der Waals surface area contributed by atoms with E-state index in [4.69, 9.17) is 9.47 Å². The Labute approximate surface area is 136 Å². The summed E-state index contributed by atoms with van der Waals surface area (Å²) >= 11 is 0. The van der Waals surface area contributed by atoms with Gasteiger partial charge in [-0.15, -0.1) is 5.10 Å². The summed E-state index contributed by atoms with van der Waals surface area (Å²) in [4.78, 5) is 0. The SMILES string of the molecule is COc1ccc(OCCCNc2nnc(C)c(C)c2C#N)cc1. The monoisotopic (exact) mass is 312 g/mol. The summed E-state index contributed by atoms with van der Waals surface area (Å²) in [5.74, 6) is 2.13. The van der Waals surface area contributed by atoms with Crippen LogP contribution in [-0.4, -0.2) is 30.5 Å². The zero-order valence-corrected chi connectivity index (χ0v) is 13.6. The third kappa shape index (κ3) is 4.33. The molecule has 1 heterocycles. The summed E-state index contributed by atoms with van der Waals surface area (Å²) < 4.78 is 10.7. The number of methoxy groups -OCH3 is 1.